The zero-order valence-electron chi connectivity index (χ0n) is 9.97. The molecule has 0 spiro atoms. The molecule has 2 rings (SSSR count). The maximum atomic E-state index is 13.6. The van der Waals surface area contributed by atoms with Crippen molar-refractivity contribution in [2.45, 2.75) is 12.0 Å². The van der Waals surface area contributed by atoms with Gasteiger partial charge in [-0.3, -0.25) is 9.59 Å². The average molecular weight is 268 g/mol. The standard InChI is InChI=1S/C12H13FN2O4/c13-7-2-1-3-8(16)9(7)10(17)15-5-4-12(14,6-15)11(18)19/h1-3,16H,4-6,14H2,(H,18,19). The third-order valence-electron chi connectivity index (χ3n) is 3.22. The molecule has 1 unspecified atom stereocenters. The largest absolute Gasteiger partial charge is 0.507 e. The molecule has 1 amide bonds. The van der Waals surface area contributed by atoms with E-state index in [9.17, 15) is 19.1 Å². The summed E-state index contributed by atoms with van der Waals surface area (Å²) in [7, 11) is 0. The van der Waals surface area contributed by atoms with Gasteiger partial charge >= 0.3 is 5.97 Å². The number of nitrogens with zero attached hydrogens (tertiary/aromatic N) is 1. The summed E-state index contributed by atoms with van der Waals surface area (Å²) in [4.78, 5) is 24.2. The number of aliphatic carboxylic acids is 1. The number of carbonyl (C=O) groups is 2. The van der Waals surface area contributed by atoms with Gasteiger partial charge in [0.2, 0.25) is 0 Å². The van der Waals surface area contributed by atoms with Crippen molar-refractivity contribution in [1.29, 1.82) is 0 Å². The van der Waals surface area contributed by atoms with E-state index in [0.717, 1.165) is 11.0 Å². The van der Waals surface area contributed by atoms with E-state index in [2.05, 4.69) is 0 Å². The maximum absolute atomic E-state index is 13.6. The van der Waals surface area contributed by atoms with Gasteiger partial charge in [0.05, 0.1) is 0 Å². The van der Waals surface area contributed by atoms with Crippen LogP contribution in [0.1, 0.15) is 16.8 Å². The second-order valence-corrected chi connectivity index (χ2v) is 4.57. The molecule has 1 heterocycles. The predicted molar refractivity (Wildman–Crippen MR) is 63.1 cm³/mol. The summed E-state index contributed by atoms with van der Waals surface area (Å²) < 4.78 is 13.6. The average Bonchev–Trinajstić information content (AvgIpc) is 2.73. The molecule has 102 valence electrons. The van der Waals surface area contributed by atoms with Crippen molar-refractivity contribution in [2.24, 2.45) is 5.73 Å². The van der Waals surface area contributed by atoms with Gasteiger partial charge in [-0.05, 0) is 18.6 Å². The van der Waals surface area contributed by atoms with E-state index in [0.29, 0.717) is 0 Å². The number of aromatic hydroxyl groups is 1. The van der Waals surface area contributed by atoms with E-state index in [1.807, 2.05) is 0 Å². The van der Waals surface area contributed by atoms with Gasteiger partial charge < -0.3 is 20.8 Å². The van der Waals surface area contributed by atoms with Crippen LogP contribution in [0.3, 0.4) is 0 Å². The minimum atomic E-state index is -1.52. The van der Waals surface area contributed by atoms with Crippen molar-refractivity contribution in [1.82, 2.24) is 4.90 Å². The van der Waals surface area contributed by atoms with Crippen LogP contribution < -0.4 is 5.73 Å². The molecule has 1 atom stereocenters. The third kappa shape index (κ3) is 2.24. The Morgan fingerprint density at radius 1 is 1.42 bits per heavy atom. The molecule has 0 bridgehead atoms. The quantitative estimate of drug-likeness (QED) is 0.708. The van der Waals surface area contributed by atoms with E-state index in [-0.39, 0.29) is 19.5 Å². The van der Waals surface area contributed by atoms with Gasteiger partial charge in [0.15, 0.2) is 0 Å². The summed E-state index contributed by atoms with van der Waals surface area (Å²) in [6, 6.07) is 3.52. The summed E-state index contributed by atoms with van der Waals surface area (Å²) in [6.07, 6.45) is 0.0866. The van der Waals surface area contributed by atoms with Gasteiger partial charge in [-0.1, -0.05) is 6.07 Å². The highest BCUT2D eigenvalue weighted by molar-refractivity contribution is 5.98. The van der Waals surface area contributed by atoms with Gasteiger partial charge in [-0.25, -0.2) is 4.39 Å². The second kappa shape index (κ2) is 4.51. The number of hydrogen-bond acceptors (Lipinski definition) is 4. The molecule has 1 aliphatic rings. The monoisotopic (exact) mass is 268 g/mol. The number of benzene rings is 1. The normalized spacial score (nSPS) is 22.5. The van der Waals surface area contributed by atoms with E-state index < -0.39 is 34.5 Å². The third-order valence-corrected chi connectivity index (χ3v) is 3.22. The van der Waals surface area contributed by atoms with Crippen molar-refractivity contribution < 1.29 is 24.2 Å². The van der Waals surface area contributed by atoms with Crippen LogP contribution >= 0.6 is 0 Å². The maximum Gasteiger partial charge on any atom is 0.325 e. The van der Waals surface area contributed by atoms with Crippen LogP contribution in [0.2, 0.25) is 0 Å². The highest BCUT2D eigenvalue weighted by Gasteiger charge is 2.43. The van der Waals surface area contributed by atoms with Crippen molar-refractivity contribution >= 4 is 11.9 Å². The summed E-state index contributed by atoms with van der Waals surface area (Å²) >= 11 is 0. The van der Waals surface area contributed by atoms with Crippen LogP contribution in [0.5, 0.6) is 5.75 Å². The van der Waals surface area contributed by atoms with Crippen LogP contribution in [0.15, 0.2) is 18.2 Å². The molecule has 1 saturated heterocycles. The van der Waals surface area contributed by atoms with Crippen molar-refractivity contribution in [3.8, 4) is 5.75 Å². The first-order chi connectivity index (χ1) is 8.85. The SMILES string of the molecule is NC1(C(=O)O)CCN(C(=O)c2c(O)cccc2F)C1. The molecule has 19 heavy (non-hydrogen) atoms. The van der Waals surface area contributed by atoms with E-state index in [4.69, 9.17) is 10.8 Å². The summed E-state index contributed by atoms with van der Waals surface area (Å²) in [5, 5.41) is 18.5. The van der Waals surface area contributed by atoms with Crippen LogP contribution in [0.4, 0.5) is 4.39 Å². The fraction of sp³-hybridized carbons (Fsp3) is 0.333. The number of phenolic OH excluding ortho intramolecular Hbond substituents is 1. The van der Waals surface area contributed by atoms with Crippen LogP contribution in [0.25, 0.3) is 0 Å². The molecule has 1 aromatic carbocycles. The number of carboxylic acids is 1. The number of amides is 1. The zero-order valence-corrected chi connectivity index (χ0v) is 9.97. The molecule has 0 aliphatic carbocycles. The lowest BCUT2D eigenvalue weighted by molar-refractivity contribution is -0.142. The first-order valence-corrected chi connectivity index (χ1v) is 5.64. The molecule has 0 radical (unpaired) electrons. The Labute approximate surface area is 108 Å². The molecule has 6 nitrogen and oxygen atoms in total. The molecule has 1 fully saturated rings. The highest BCUT2D eigenvalue weighted by atomic mass is 19.1. The molecule has 1 aliphatic heterocycles. The van der Waals surface area contributed by atoms with Crippen LogP contribution in [0, 0.1) is 5.82 Å². The molecule has 0 saturated carbocycles. The molecule has 7 heteroatoms. The number of phenols is 1. The minimum Gasteiger partial charge on any atom is -0.507 e. The lowest BCUT2D eigenvalue weighted by atomic mass is 10.0. The van der Waals surface area contributed by atoms with E-state index in [1.165, 1.54) is 12.1 Å². The number of nitrogens with two attached hydrogens (primary N) is 1. The fourth-order valence-corrected chi connectivity index (χ4v) is 2.06. The van der Waals surface area contributed by atoms with Crippen molar-refractivity contribution in [3.05, 3.63) is 29.6 Å². The zero-order chi connectivity index (χ0) is 14.2. The minimum absolute atomic E-state index is 0.0866. The molecule has 1 aromatic rings. The number of likely N-dealkylation sites (tertiary alicyclic amines) is 1. The number of hydrogen-bond donors (Lipinski definition) is 3. The Bertz CT molecular complexity index is 528. The lowest BCUT2D eigenvalue weighted by Gasteiger charge is -2.20. The van der Waals surface area contributed by atoms with E-state index >= 15 is 0 Å². The number of carbonyl (C=O) groups excluding carboxylic acids is 1. The second-order valence-electron chi connectivity index (χ2n) is 4.57. The van der Waals surface area contributed by atoms with Gasteiger partial charge in [0.25, 0.3) is 5.91 Å². The fourth-order valence-electron chi connectivity index (χ4n) is 2.06. The topological polar surface area (TPSA) is 104 Å². The Hall–Kier alpha value is -2.15. The number of halogens is 1. The number of rotatable bonds is 2. The summed E-state index contributed by atoms with van der Waals surface area (Å²) in [6.45, 7) is -0.107. The van der Waals surface area contributed by atoms with Crippen LogP contribution in [-0.4, -0.2) is 45.6 Å². The van der Waals surface area contributed by atoms with Crippen molar-refractivity contribution in [3.63, 3.8) is 0 Å². The summed E-state index contributed by atoms with van der Waals surface area (Å²) in [5.41, 5.74) is 3.66. The summed E-state index contributed by atoms with van der Waals surface area (Å²) in [5.74, 6) is -3.30. The Kier molecular flexibility index (Phi) is 3.15. The first kappa shape index (κ1) is 13.3. The lowest BCUT2D eigenvalue weighted by Crippen LogP contribution is -2.50. The molecular weight excluding hydrogens is 255 g/mol. The first-order valence-electron chi connectivity index (χ1n) is 5.64. The van der Waals surface area contributed by atoms with Crippen LogP contribution in [-0.2, 0) is 4.79 Å². The highest BCUT2D eigenvalue weighted by Crippen LogP contribution is 2.26. The van der Waals surface area contributed by atoms with Gasteiger partial charge in [-0.2, -0.15) is 0 Å². The van der Waals surface area contributed by atoms with E-state index in [1.54, 1.807) is 0 Å². The number of carboxylic acid groups (broad SMARTS) is 1. The predicted octanol–water partition coefficient (Wildman–Crippen LogP) is 0.159. The molecule has 4 N–H and O–H groups in total. The molecular formula is C12H13FN2O4. The smallest absolute Gasteiger partial charge is 0.325 e. The van der Waals surface area contributed by atoms with Gasteiger partial charge in [-0.15, -0.1) is 0 Å². The Balaban J connectivity index is 2.25. The van der Waals surface area contributed by atoms with Gasteiger partial charge in [0.1, 0.15) is 22.7 Å². The van der Waals surface area contributed by atoms with Crippen molar-refractivity contribution in [2.75, 3.05) is 13.1 Å². The molecule has 0 aromatic heterocycles. The Morgan fingerprint density at radius 2 is 2.11 bits per heavy atom. The Morgan fingerprint density at radius 3 is 2.63 bits per heavy atom. The van der Waals surface area contributed by atoms with Gasteiger partial charge in [0, 0.05) is 13.1 Å².